The Hall–Kier alpha value is -2.74. The molecule has 1 aliphatic heterocycles. The van der Waals surface area contributed by atoms with Crippen LogP contribution < -0.4 is 24.3 Å². The lowest BCUT2D eigenvalue weighted by Crippen LogP contribution is -2.37. The number of hydrogen-bond acceptors (Lipinski definition) is 6. The number of ether oxygens (including phenoxy) is 4. The second-order valence-corrected chi connectivity index (χ2v) is 8.22. The van der Waals surface area contributed by atoms with Crippen molar-refractivity contribution in [1.29, 1.82) is 0 Å². The molecule has 0 aromatic heterocycles. The van der Waals surface area contributed by atoms with E-state index < -0.39 is 13.6 Å². The first-order valence-corrected chi connectivity index (χ1v) is 10.7. The summed E-state index contributed by atoms with van der Waals surface area (Å²) in [4.78, 5) is 33.3. The summed E-state index contributed by atoms with van der Waals surface area (Å²) in [5.41, 5.74) is 1.72. The Morgan fingerprint density at radius 1 is 1.00 bits per heavy atom. The molecule has 0 radical (unpaired) electrons. The van der Waals surface area contributed by atoms with Crippen LogP contribution in [0.25, 0.3) is 0 Å². The van der Waals surface area contributed by atoms with Crippen molar-refractivity contribution >= 4 is 19.3 Å². The van der Waals surface area contributed by atoms with Crippen LogP contribution in [0.15, 0.2) is 24.3 Å². The van der Waals surface area contributed by atoms with Crippen molar-refractivity contribution in [3.63, 3.8) is 0 Å². The molecule has 0 aliphatic carbocycles. The zero-order valence-electron chi connectivity index (χ0n) is 17.1. The van der Waals surface area contributed by atoms with Crippen LogP contribution in [0, 0.1) is 0 Å². The Morgan fingerprint density at radius 3 is 2.07 bits per heavy atom. The number of benzene rings is 2. The minimum atomic E-state index is -4.62. The molecule has 1 aliphatic rings. The summed E-state index contributed by atoms with van der Waals surface area (Å²) >= 11 is 0. The Balaban J connectivity index is 2.29. The number of carbonyl (C=O) groups is 1. The molecule has 10 heteroatoms. The summed E-state index contributed by atoms with van der Waals surface area (Å²) in [6.07, 6.45) is 1.00. The predicted molar refractivity (Wildman–Crippen MR) is 109 cm³/mol. The van der Waals surface area contributed by atoms with Crippen molar-refractivity contribution in [2.75, 3.05) is 35.0 Å². The number of methoxy groups -OCH3 is 4. The summed E-state index contributed by atoms with van der Waals surface area (Å²) in [6, 6.07) is 6.07. The Morgan fingerprint density at radius 2 is 1.60 bits per heavy atom. The first-order valence-electron chi connectivity index (χ1n) is 9.07. The molecule has 0 unspecified atom stereocenters. The number of fused-ring (bicyclic) bond motifs is 1. The van der Waals surface area contributed by atoms with E-state index in [1.165, 1.54) is 34.5 Å². The van der Waals surface area contributed by atoms with Gasteiger partial charge in [-0.1, -0.05) is 6.07 Å². The molecule has 2 N–H and O–H groups in total. The zero-order valence-corrected chi connectivity index (χ0v) is 18.0. The third-order valence-electron chi connectivity index (χ3n) is 5.18. The van der Waals surface area contributed by atoms with Gasteiger partial charge in [0, 0.05) is 6.54 Å². The Labute approximate surface area is 174 Å². The maximum Gasteiger partial charge on any atom is 0.360 e. The van der Waals surface area contributed by atoms with Crippen molar-refractivity contribution in [2.24, 2.45) is 0 Å². The third-order valence-corrected chi connectivity index (χ3v) is 6.25. The summed E-state index contributed by atoms with van der Waals surface area (Å²) in [5, 5.41) is -0.148. The third kappa shape index (κ3) is 3.71. The first kappa shape index (κ1) is 22.0. The van der Waals surface area contributed by atoms with E-state index in [4.69, 9.17) is 18.9 Å². The second-order valence-electron chi connectivity index (χ2n) is 6.68. The summed E-state index contributed by atoms with van der Waals surface area (Å²) < 4.78 is 33.7. The molecule has 2 aromatic rings. The van der Waals surface area contributed by atoms with Crippen LogP contribution >= 0.6 is 7.60 Å². The molecule has 0 fully saturated rings. The average molecular weight is 437 g/mol. The highest BCUT2D eigenvalue weighted by atomic mass is 31.2. The maximum atomic E-state index is 12.2. The second kappa shape index (κ2) is 8.55. The van der Waals surface area contributed by atoms with Gasteiger partial charge in [0.15, 0.2) is 11.5 Å². The molecule has 2 aromatic carbocycles. The average Bonchev–Trinajstić information content (AvgIpc) is 2.75. The lowest BCUT2D eigenvalue weighted by molar-refractivity contribution is -0.119. The minimum Gasteiger partial charge on any atom is -0.496 e. The largest absolute Gasteiger partial charge is 0.496 e. The summed E-state index contributed by atoms with van der Waals surface area (Å²) in [5.74, 6) is 1.34. The van der Waals surface area contributed by atoms with Crippen LogP contribution in [0.3, 0.4) is 0 Å². The monoisotopic (exact) mass is 437 g/mol. The predicted octanol–water partition coefficient (Wildman–Crippen LogP) is 1.63. The SMILES string of the molecule is COc1cc([C@@H]2c3ccc(OC)c(P(=O)(O)O)c3CCN2C=O)cc(OC)c1OC. The van der Waals surface area contributed by atoms with Crippen molar-refractivity contribution in [3.8, 4) is 23.0 Å². The van der Waals surface area contributed by atoms with Crippen LogP contribution in [-0.4, -0.2) is 56.1 Å². The van der Waals surface area contributed by atoms with Crippen molar-refractivity contribution in [1.82, 2.24) is 4.90 Å². The minimum absolute atomic E-state index is 0.116. The molecule has 0 bridgehead atoms. The number of amides is 1. The van der Waals surface area contributed by atoms with E-state index >= 15 is 0 Å². The lowest BCUT2D eigenvalue weighted by atomic mass is 9.88. The quantitative estimate of drug-likeness (QED) is 0.496. The van der Waals surface area contributed by atoms with Gasteiger partial charge in [-0.15, -0.1) is 0 Å². The van der Waals surface area contributed by atoms with Gasteiger partial charge in [0.25, 0.3) is 0 Å². The molecule has 1 amide bonds. The fourth-order valence-electron chi connectivity index (χ4n) is 3.93. The van der Waals surface area contributed by atoms with E-state index in [9.17, 15) is 19.1 Å². The molecular formula is C20H24NO8P. The molecule has 1 atom stereocenters. The zero-order chi connectivity index (χ0) is 22.1. The topological polar surface area (TPSA) is 115 Å². The van der Waals surface area contributed by atoms with Crippen molar-refractivity contribution < 1.29 is 38.1 Å². The van der Waals surface area contributed by atoms with Crippen LogP contribution in [0.1, 0.15) is 22.7 Å². The molecule has 0 saturated carbocycles. The highest BCUT2D eigenvalue weighted by molar-refractivity contribution is 7.60. The number of hydrogen-bond donors (Lipinski definition) is 2. The van der Waals surface area contributed by atoms with Gasteiger partial charge in [0.2, 0.25) is 12.2 Å². The fourth-order valence-corrected chi connectivity index (χ4v) is 4.97. The van der Waals surface area contributed by atoms with E-state index in [-0.39, 0.29) is 24.0 Å². The van der Waals surface area contributed by atoms with E-state index in [1.54, 1.807) is 23.1 Å². The van der Waals surface area contributed by atoms with E-state index in [0.717, 1.165) is 6.41 Å². The maximum absolute atomic E-state index is 12.2. The van der Waals surface area contributed by atoms with Gasteiger partial charge in [0.1, 0.15) is 11.1 Å². The molecule has 30 heavy (non-hydrogen) atoms. The van der Waals surface area contributed by atoms with Gasteiger partial charge in [-0.3, -0.25) is 9.36 Å². The van der Waals surface area contributed by atoms with Gasteiger partial charge in [0.05, 0.1) is 34.5 Å². The molecule has 0 spiro atoms. The standard InChI is InChI=1S/C20H24NO8P/c1-26-15-6-5-13-14(20(15)30(23,24)25)7-8-21(11-22)18(13)12-9-16(27-2)19(29-4)17(10-12)28-3/h5-6,9-11,18H,7-8H2,1-4H3,(H2,23,24,25)/t18-/m1/s1. The van der Waals surface area contributed by atoms with Crippen LogP contribution in [-0.2, 0) is 15.8 Å². The highest BCUT2D eigenvalue weighted by Crippen LogP contribution is 2.46. The summed E-state index contributed by atoms with van der Waals surface area (Å²) in [7, 11) is 1.21. The number of carbonyl (C=O) groups excluding carboxylic acids is 1. The lowest BCUT2D eigenvalue weighted by Gasteiger charge is -2.36. The first-order chi connectivity index (χ1) is 14.3. The highest BCUT2D eigenvalue weighted by Gasteiger charge is 2.36. The smallest absolute Gasteiger partial charge is 0.360 e. The molecule has 1 heterocycles. The number of rotatable bonds is 7. The molecule has 0 saturated heterocycles. The van der Waals surface area contributed by atoms with Crippen molar-refractivity contribution in [2.45, 2.75) is 12.5 Å². The van der Waals surface area contributed by atoms with Crippen molar-refractivity contribution in [3.05, 3.63) is 41.0 Å². The normalized spacial score (nSPS) is 15.9. The Bertz CT molecular complexity index is 978. The Kier molecular flexibility index (Phi) is 6.26. The van der Waals surface area contributed by atoms with Crippen LogP contribution in [0.5, 0.6) is 23.0 Å². The summed E-state index contributed by atoms with van der Waals surface area (Å²) in [6.45, 7) is 0.276. The molecule has 9 nitrogen and oxygen atoms in total. The van der Waals surface area contributed by atoms with Gasteiger partial charge in [-0.25, -0.2) is 0 Å². The van der Waals surface area contributed by atoms with Gasteiger partial charge >= 0.3 is 7.60 Å². The van der Waals surface area contributed by atoms with Crippen LogP contribution in [0.4, 0.5) is 0 Å². The van der Waals surface area contributed by atoms with E-state index in [0.29, 0.717) is 33.9 Å². The van der Waals surface area contributed by atoms with Gasteiger partial charge in [-0.05, 0) is 41.3 Å². The molecule has 3 rings (SSSR count). The van der Waals surface area contributed by atoms with Gasteiger partial charge < -0.3 is 33.6 Å². The fraction of sp³-hybridized carbons (Fsp3) is 0.350. The molecular weight excluding hydrogens is 413 g/mol. The van der Waals surface area contributed by atoms with E-state index in [2.05, 4.69) is 0 Å². The van der Waals surface area contributed by atoms with Crippen LogP contribution in [0.2, 0.25) is 0 Å². The number of nitrogens with zero attached hydrogens (tertiary/aromatic N) is 1. The van der Waals surface area contributed by atoms with E-state index in [1.807, 2.05) is 0 Å². The van der Waals surface area contributed by atoms with Gasteiger partial charge in [-0.2, -0.15) is 0 Å². The molecule has 162 valence electrons.